The van der Waals surface area contributed by atoms with Gasteiger partial charge in [0.25, 0.3) is 5.56 Å². The summed E-state index contributed by atoms with van der Waals surface area (Å²) in [7, 11) is 0. The molecule has 0 unspecified atom stereocenters. The van der Waals surface area contributed by atoms with Crippen molar-refractivity contribution < 1.29 is 8.78 Å². The molecule has 0 aliphatic heterocycles. The van der Waals surface area contributed by atoms with Crippen molar-refractivity contribution >= 4 is 5.65 Å². The zero-order valence-corrected chi connectivity index (χ0v) is 12.9. The molecule has 0 saturated heterocycles. The minimum Gasteiger partial charge on any atom is -0.289 e. The van der Waals surface area contributed by atoms with Gasteiger partial charge in [0.2, 0.25) is 0 Å². The minimum atomic E-state index is -0.658. The van der Waals surface area contributed by atoms with Crippen LogP contribution in [-0.2, 0) is 6.42 Å². The smallest absolute Gasteiger partial charge is 0.272 e. The molecule has 0 aliphatic rings. The molecule has 3 heterocycles. The van der Waals surface area contributed by atoms with E-state index in [1.165, 1.54) is 22.7 Å². The molecule has 25 heavy (non-hydrogen) atoms. The molecule has 0 fully saturated rings. The molecule has 0 amide bonds. The van der Waals surface area contributed by atoms with Crippen LogP contribution in [0.15, 0.2) is 59.7 Å². The van der Waals surface area contributed by atoms with Crippen LogP contribution in [-0.4, -0.2) is 19.6 Å². The lowest BCUT2D eigenvalue weighted by Gasteiger charge is -2.02. The molecule has 4 rings (SSSR count). The number of H-pyrrole nitrogens is 1. The summed E-state index contributed by atoms with van der Waals surface area (Å²) in [4.78, 5) is 20.7. The highest BCUT2D eigenvalue weighted by Gasteiger charge is 2.09. The highest BCUT2D eigenvalue weighted by molar-refractivity contribution is 5.63. The van der Waals surface area contributed by atoms with Gasteiger partial charge in [0, 0.05) is 42.6 Å². The molecule has 0 aliphatic carbocycles. The normalized spacial score (nSPS) is 11.1. The summed E-state index contributed by atoms with van der Waals surface area (Å²) in [6.07, 6.45) is 3.47. The summed E-state index contributed by atoms with van der Waals surface area (Å²) in [5.74, 6) is -1.32. The summed E-state index contributed by atoms with van der Waals surface area (Å²) >= 11 is 0. The molecule has 0 bridgehead atoms. The van der Waals surface area contributed by atoms with E-state index in [0.717, 1.165) is 17.3 Å². The number of rotatable bonds is 3. The third-order valence-corrected chi connectivity index (χ3v) is 3.80. The molecule has 3 aromatic heterocycles. The van der Waals surface area contributed by atoms with Crippen LogP contribution in [0.4, 0.5) is 8.78 Å². The van der Waals surface area contributed by atoms with Crippen LogP contribution in [0.5, 0.6) is 0 Å². The fourth-order valence-electron chi connectivity index (χ4n) is 2.73. The third kappa shape index (κ3) is 3.03. The zero-order valence-electron chi connectivity index (χ0n) is 12.9. The number of hydrogen-bond donors (Lipinski definition) is 1. The maximum absolute atomic E-state index is 13.3. The van der Waals surface area contributed by atoms with Crippen LogP contribution in [0.1, 0.15) is 11.3 Å². The van der Waals surface area contributed by atoms with Crippen molar-refractivity contribution in [3.05, 3.63) is 88.1 Å². The molecular weight excluding hydrogens is 326 g/mol. The molecule has 1 aromatic carbocycles. The van der Waals surface area contributed by atoms with Gasteiger partial charge in [0.05, 0.1) is 11.4 Å². The number of pyridine rings is 1. The number of hydrogen-bond acceptors (Lipinski definition) is 3. The Balaban J connectivity index is 1.75. The molecule has 1 N–H and O–H groups in total. The Morgan fingerprint density at radius 1 is 1.00 bits per heavy atom. The number of nitrogens with zero attached hydrogens (tertiary/aromatic N) is 3. The second-order valence-corrected chi connectivity index (χ2v) is 5.64. The van der Waals surface area contributed by atoms with Gasteiger partial charge in [-0.2, -0.15) is 0 Å². The Bertz CT molecular complexity index is 1100. The first-order valence-electron chi connectivity index (χ1n) is 7.55. The predicted octanol–water partition coefficient (Wildman–Crippen LogP) is 2.95. The topological polar surface area (TPSA) is 63.0 Å². The van der Waals surface area contributed by atoms with Gasteiger partial charge >= 0.3 is 0 Å². The van der Waals surface area contributed by atoms with Crippen LogP contribution in [0, 0.1) is 11.6 Å². The molecule has 4 aromatic rings. The largest absolute Gasteiger partial charge is 0.289 e. The summed E-state index contributed by atoms with van der Waals surface area (Å²) < 4.78 is 28.0. The number of fused-ring (bicyclic) bond motifs is 1. The highest BCUT2D eigenvalue weighted by Crippen LogP contribution is 2.18. The number of halogens is 2. The second-order valence-electron chi connectivity index (χ2n) is 5.64. The summed E-state index contributed by atoms with van der Waals surface area (Å²) in [6, 6.07) is 9.98. The van der Waals surface area contributed by atoms with Gasteiger partial charge in [-0.15, -0.1) is 0 Å². The molecule has 7 heteroatoms. The lowest BCUT2D eigenvalue weighted by atomic mass is 10.1. The van der Waals surface area contributed by atoms with E-state index < -0.39 is 11.6 Å². The van der Waals surface area contributed by atoms with Crippen molar-refractivity contribution in [2.45, 2.75) is 6.42 Å². The molecule has 0 atom stereocenters. The fraction of sp³-hybridized carbons (Fsp3) is 0.0556. The lowest BCUT2D eigenvalue weighted by Crippen LogP contribution is -2.15. The van der Waals surface area contributed by atoms with E-state index in [-0.39, 0.29) is 12.0 Å². The van der Waals surface area contributed by atoms with Gasteiger partial charge in [-0.05, 0) is 29.8 Å². The van der Waals surface area contributed by atoms with Crippen LogP contribution in [0.3, 0.4) is 0 Å². The van der Waals surface area contributed by atoms with E-state index in [2.05, 4.69) is 15.1 Å². The Kier molecular flexibility index (Phi) is 3.61. The van der Waals surface area contributed by atoms with E-state index in [0.29, 0.717) is 16.9 Å². The van der Waals surface area contributed by atoms with Crippen LogP contribution in [0.25, 0.3) is 16.9 Å². The van der Waals surface area contributed by atoms with E-state index in [9.17, 15) is 13.6 Å². The number of aromatic nitrogens is 4. The van der Waals surface area contributed by atoms with E-state index in [1.54, 1.807) is 18.5 Å². The molecule has 0 spiro atoms. The Labute approximate surface area is 140 Å². The average Bonchev–Trinajstić information content (AvgIpc) is 2.99. The maximum Gasteiger partial charge on any atom is 0.272 e. The van der Waals surface area contributed by atoms with Gasteiger partial charge in [-0.3, -0.25) is 14.9 Å². The van der Waals surface area contributed by atoms with Gasteiger partial charge in [0.1, 0.15) is 11.6 Å². The number of aromatic amines is 1. The summed E-state index contributed by atoms with van der Waals surface area (Å²) in [6.45, 7) is 0. The Morgan fingerprint density at radius 3 is 2.44 bits per heavy atom. The first kappa shape index (κ1) is 15.2. The third-order valence-electron chi connectivity index (χ3n) is 3.80. The maximum atomic E-state index is 13.3. The summed E-state index contributed by atoms with van der Waals surface area (Å²) in [5, 5.41) is 2.98. The SMILES string of the molecule is O=c1cc(Cc2cc(F)cc(F)c2)nc2cc(-c3ccncc3)[nH]n12. The molecular formula is C18H12F2N4O. The second kappa shape index (κ2) is 5.94. The quantitative estimate of drug-likeness (QED) is 0.625. The van der Waals surface area contributed by atoms with Crippen LogP contribution in [0.2, 0.25) is 0 Å². The van der Waals surface area contributed by atoms with Crippen molar-refractivity contribution in [2.24, 2.45) is 0 Å². The van der Waals surface area contributed by atoms with Crippen molar-refractivity contribution in [1.29, 1.82) is 0 Å². The summed E-state index contributed by atoms with van der Waals surface area (Å²) in [5.41, 5.74) is 2.59. The average molecular weight is 338 g/mol. The number of nitrogens with one attached hydrogen (secondary N) is 1. The standard InChI is InChI=1S/C18H12F2N4O/c19-13-5-11(6-14(20)8-13)7-15-9-18(25)24-17(22-15)10-16(23-24)12-1-3-21-4-2-12/h1-6,8-10,23H,7H2. The van der Waals surface area contributed by atoms with Crippen LogP contribution < -0.4 is 5.56 Å². The zero-order chi connectivity index (χ0) is 17.4. The van der Waals surface area contributed by atoms with Gasteiger partial charge < -0.3 is 0 Å². The monoisotopic (exact) mass is 338 g/mol. The Hall–Kier alpha value is -3.35. The molecule has 0 saturated carbocycles. The fourth-order valence-corrected chi connectivity index (χ4v) is 2.73. The van der Waals surface area contributed by atoms with Crippen molar-refractivity contribution in [3.63, 3.8) is 0 Å². The molecule has 5 nitrogen and oxygen atoms in total. The lowest BCUT2D eigenvalue weighted by molar-refractivity contribution is 0.580. The van der Waals surface area contributed by atoms with Crippen LogP contribution >= 0.6 is 0 Å². The minimum absolute atomic E-state index is 0.163. The van der Waals surface area contributed by atoms with E-state index >= 15 is 0 Å². The van der Waals surface area contributed by atoms with Crippen molar-refractivity contribution in [1.82, 2.24) is 19.6 Å². The highest BCUT2D eigenvalue weighted by atomic mass is 19.1. The van der Waals surface area contributed by atoms with E-state index in [4.69, 9.17) is 0 Å². The Morgan fingerprint density at radius 2 is 1.72 bits per heavy atom. The van der Waals surface area contributed by atoms with Gasteiger partial charge in [-0.1, -0.05) is 0 Å². The first-order valence-corrected chi connectivity index (χ1v) is 7.55. The molecule has 0 radical (unpaired) electrons. The van der Waals surface area contributed by atoms with E-state index in [1.807, 2.05) is 12.1 Å². The molecule has 124 valence electrons. The van der Waals surface area contributed by atoms with Gasteiger partial charge in [-0.25, -0.2) is 18.3 Å². The number of benzene rings is 1. The van der Waals surface area contributed by atoms with Gasteiger partial charge in [0.15, 0.2) is 5.65 Å². The predicted molar refractivity (Wildman–Crippen MR) is 88.2 cm³/mol. The first-order chi connectivity index (χ1) is 12.1. The van der Waals surface area contributed by atoms with Crippen molar-refractivity contribution in [2.75, 3.05) is 0 Å². The van der Waals surface area contributed by atoms with Crippen molar-refractivity contribution in [3.8, 4) is 11.3 Å².